The molecule has 0 aliphatic carbocycles. The summed E-state index contributed by atoms with van der Waals surface area (Å²) in [7, 11) is 0. The molecule has 0 aliphatic rings. The van der Waals surface area contributed by atoms with Crippen LogP contribution in [0.25, 0.3) is 0 Å². The van der Waals surface area contributed by atoms with E-state index in [0.717, 1.165) is 17.0 Å². The lowest BCUT2D eigenvalue weighted by atomic mass is 10.2. The van der Waals surface area contributed by atoms with Gasteiger partial charge in [-0.1, -0.05) is 23.7 Å². The van der Waals surface area contributed by atoms with E-state index in [1.165, 1.54) is 0 Å². The highest BCUT2D eigenvalue weighted by Gasteiger charge is 2.01. The Hall–Kier alpha value is -2.04. The van der Waals surface area contributed by atoms with Gasteiger partial charge in [-0.25, -0.2) is 0 Å². The van der Waals surface area contributed by atoms with Gasteiger partial charge in [0.05, 0.1) is 0 Å². The van der Waals surface area contributed by atoms with Crippen LogP contribution in [0.3, 0.4) is 0 Å². The van der Waals surface area contributed by atoms with E-state index in [4.69, 9.17) is 22.1 Å². The number of carbonyl (C=O) groups excluding carboxylic acids is 1. The number of ether oxygens (including phenoxy) is 1. The second kappa shape index (κ2) is 7.67. The Morgan fingerprint density at radius 2 is 1.95 bits per heavy atom. The van der Waals surface area contributed by atoms with Crippen LogP contribution in [-0.4, -0.2) is 12.5 Å². The van der Waals surface area contributed by atoms with E-state index in [2.05, 4.69) is 5.32 Å². The molecule has 2 aromatic carbocycles. The lowest BCUT2D eigenvalue weighted by Crippen LogP contribution is -2.16. The van der Waals surface area contributed by atoms with Crippen molar-refractivity contribution in [3.8, 4) is 5.75 Å². The third-order valence-electron chi connectivity index (χ3n) is 2.80. The Bertz CT molecular complexity index is 599. The summed E-state index contributed by atoms with van der Waals surface area (Å²) in [5, 5.41) is 3.45. The minimum Gasteiger partial charge on any atom is -0.489 e. The average Bonchev–Trinajstić information content (AvgIpc) is 2.47. The molecule has 3 N–H and O–H groups in total. The minimum absolute atomic E-state index is 0.0925. The van der Waals surface area contributed by atoms with Crippen molar-refractivity contribution in [1.82, 2.24) is 0 Å². The summed E-state index contributed by atoms with van der Waals surface area (Å²) in [5.41, 5.74) is 7.05. The second-order valence-electron chi connectivity index (χ2n) is 4.53. The van der Waals surface area contributed by atoms with E-state index in [9.17, 15) is 4.79 Å². The lowest BCUT2D eigenvalue weighted by Gasteiger charge is -2.08. The molecule has 0 spiro atoms. The van der Waals surface area contributed by atoms with Gasteiger partial charge >= 0.3 is 0 Å². The summed E-state index contributed by atoms with van der Waals surface area (Å²) in [6.07, 6.45) is 0.313. The molecule has 0 saturated heterocycles. The largest absolute Gasteiger partial charge is 0.489 e. The van der Waals surface area contributed by atoms with Crippen LogP contribution in [0.1, 0.15) is 12.0 Å². The van der Waals surface area contributed by atoms with Gasteiger partial charge in [0.25, 0.3) is 0 Å². The van der Waals surface area contributed by atoms with Gasteiger partial charge in [0.15, 0.2) is 0 Å². The molecule has 0 saturated carbocycles. The van der Waals surface area contributed by atoms with E-state index in [1.807, 2.05) is 36.4 Å². The highest BCUT2D eigenvalue weighted by Crippen LogP contribution is 2.18. The van der Waals surface area contributed by atoms with Crippen LogP contribution < -0.4 is 15.8 Å². The van der Waals surface area contributed by atoms with Crippen molar-refractivity contribution in [2.24, 2.45) is 5.73 Å². The van der Waals surface area contributed by atoms with Crippen molar-refractivity contribution < 1.29 is 9.53 Å². The fraction of sp³-hybridized carbons (Fsp3) is 0.188. The van der Waals surface area contributed by atoms with Gasteiger partial charge in [-0.15, -0.1) is 0 Å². The molecular weight excluding hydrogens is 288 g/mol. The van der Waals surface area contributed by atoms with Crippen molar-refractivity contribution in [3.05, 3.63) is 59.1 Å². The first-order valence-corrected chi connectivity index (χ1v) is 7.02. The first kappa shape index (κ1) is 15.4. The molecule has 1 amide bonds. The maximum absolute atomic E-state index is 11.4. The third kappa shape index (κ3) is 5.10. The Balaban J connectivity index is 1.89. The molecule has 0 unspecified atom stereocenters. The molecule has 0 bridgehead atoms. The second-order valence-corrected chi connectivity index (χ2v) is 4.97. The molecule has 4 nitrogen and oxygen atoms in total. The van der Waals surface area contributed by atoms with Gasteiger partial charge in [0.2, 0.25) is 5.91 Å². The van der Waals surface area contributed by atoms with Crippen LogP contribution in [0.2, 0.25) is 5.02 Å². The van der Waals surface area contributed by atoms with Crippen LogP contribution in [-0.2, 0) is 11.4 Å². The summed E-state index contributed by atoms with van der Waals surface area (Å²) >= 11 is 5.92. The maximum atomic E-state index is 11.4. The number of hydrogen-bond acceptors (Lipinski definition) is 3. The summed E-state index contributed by atoms with van der Waals surface area (Å²) < 4.78 is 5.66. The number of rotatable bonds is 6. The van der Waals surface area contributed by atoms with Crippen LogP contribution >= 0.6 is 11.6 Å². The first-order chi connectivity index (χ1) is 10.2. The number of halogens is 1. The predicted molar refractivity (Wildman–Crippen MR) is 84.5 cm³/mol. The molecule has 0 aliphatic heterocycles. The first-order valence-electron chi connectivity index (χ1n) is 6.64. The molecule has 2 rings (SSSR count). The van der Waals surface area contributed by atoms with Gasteiger partial charge in [0, 0.05) is 23.7 Å². The van der Waals surface area contributed by atoms with E-state index in [1.54, 1.807) is 12.1 Å². The summed E-state index contributed by atoms with van der Waals surface area (Å²) in [5.74, 6) is 0.636. The standard InChI is InChI=1S/C16H17ClN2O2/c17-13-3-1-2-12(10-13)11-21-15-6-4-14(5-7-15)19-16(20)8-9-18/h1-7,10H,8-9,11,18H2,(H,19,20). The fourth-order valence-electron chi connectivity index (χ4n) is 1.78. The molecule has 0 radical (unpaired) electrons. The van der Waals surface area contributed by atoms with Crippen LogP contribution in [0, 0.1) is 0 Å². The zero-order valence-corrected chi connectivity index (χ0v) is 12.3. The van der Waals surface area contributed by atoms with Crippen LogP contribution in [0.15, 0.2) is 48.5 Å². The highest BCUT2D eigenvalue weighted by atomic mass is 35.5. The number of nitrogens with one attached hydrogen (secondary N) is 1. The maximum Gasteiger partial charge on any atom is 0.225 e. The molecule has 0 aromatic heterocycles. The normalized spacial score (nSPS) is 10.2. The highest BCUT2D eigenvalue weighted by molar-refractivity contribution is 6.30. The quantitative estimate of drug-likeness (QED) is 0.861. The Kier molecular flexibility index (Phi) is 5.60. The van der Waals surface area contributed by atoms with Gasteiger partial charge in [0.1, 0.15) is 12.4 Å². The number of carbonyl (C=O) groups is 1. The minimum atomic E-state index is -0.0925. The smallest absolute Gasteiger partial charge is 0.225 e. The van der Waals surface area contributed by atoms with Gasteiger partial charge in [-0.2, -0.15) is 0 Å². The van der Waals surface area contributed by atoms with Gasteiger partial charge in [-0.3, -0.25) is 4.79 Å². The molecule has 5 heteroatoms. The summed E-state index contributed by atoms with van der Waals surface area (Å²) in [4.78, 5) is 11.4. The van der Waals surface area contributed by atoms with Crippen molar-refractivity contribution >= 4 is 23.2 Å². The van der Waals surface area contributed by atoms with Crippen molar-refractivity contribution in [2.75, 3.05) is 11.9 Å². The third-order valence-corrected chi connectivity index (χ3v) is 3.04. The number of anilines is 1. The Labute approximate surface area is 128 Å². The zero-order chi connectivity index (χ0) is 15.1. The van der Waals surface area contributed by atoms with Crippen molar-refractivity contribution in [1.29, 1.82) is 0 Å². The number of amides is 1. The Morgan fingerprint density at radius 3 is 2.62 bits per heavy atom. The molecule has 2 aromatic rings. The SMILES string of the molecule is NCCC(=O)Nc1ccc(OCc2cccc(Cl)c2)cc1. The average molecular weight is 305 g/mol. The summed E-state index contributed by atoms with van der Waals surface area (Å²) in [6, 6.07) is 14.7. The number of hydrogen-bond donors (Lipinski definition) is 2. The van der Waals surface area contributed by atoms with Crippen molar-refractivity contribution in [2.45, 2.75) is 13.0 Å². The monoisotopic (exact) mass is 304 g/mol. The van der Waals surface area contributed by atoms with E-state index in [-0.39, 0.29) is 5.91 Å². The fourth-order valence-corrected chi connectivity index (χ4v) is 2.00. The zero-order valence-electron chi connectivity index (χ0n) is 11.5. The number of nitrogens with two attached hydrogens (primary N) is 1. The number of benzene rings is 2. The van der Waals surface area contributed by atoms with Crippen molar-refractivity contribution in [3.63, 3.8) is 0 Å². The van der Waals surface area contributed by atoms with E-state index in [0.29, 0.717) is 24.6 Å². The molecule has 0 heterocycles. The summed E-state index contributed by atoms with van der Waals surface area (Å²) in [6.45, 7) is 0.784. The van der Waals surface area contributed by atoms with E-state index < -0.39 is 0 Å². The van der Waals surface area contributed by atoms with Gasteiger partial charge < -0.3 is 15.8 Å². The Morgan fingerprint density at radius 1 is 1.19 bits per heavy atom. The molecule has 0 fully saturated rings. The lowest BCUT2D eigenvalue weighted by molar-refractivity contribution is -0.116. The molecular formula is C16H17ClN2O2. The molecule has 0 atom stereocenters. The van der Waals surface area contributed by atoms with E-state index >= 15 is 0 Å². The predicted octanol–water partition coefficient (Wildman–Crippen LogP) is 3.21. The van der Waals surface area contributed by atoms with Gasteiger partial charge in [-0.05, 0) is 42.0 Å². The molecule has 110 valence electrons. The van der Waals surface area contributed by atoms with Crippen LogP contribution in [0.5, 0.6) is 5.75 Å². The topological polar surface area (TPSA) is 64.4 Å². The van der Waals surface area contributed by atoms with Crippen LogP contribution in [0.4, 0.5) is 5.69 Å². The molecule has 21 heavy (non-hydrogen) atoms.